The average Bonchev–Trinajstić information content (AvgIpc) is 2.87. The lowest BCUT2D eigenvalue weighted by Crippen LogP contribution is -2.28. The topological polar surface area (TPSA) is 107 Å². The van der Waals surface area contributed by atoms with Crippen molar-refractivity contribution in [3.05, 3.63) is 50.7 Å². The fourth-order valence-corrected chi connectivity index (χ4v) is 2.43. The summed E-state index contributed by atoms with van der Waals surface area (Å²) in [5.74, 6) is 0.664. The van der Waals surface area contributed by atoms with Crippen LogP contribution in [0.25, 0.3) is 11.0 Å². The number of nitrogens with one attached hydrogen (secondary N) is 3. The molecule has 3 aromatic rings. The van der Waals surface area contributed by atoms with Crippen LogP contribution in [0.15, 0.2) is 39.0 Å². The number of aromatic amines is 3. The highest BCUT2D eigenvalue weighted by Gasteiger charge is 2.02. The Balaban J connectivity index is 1.79. The highest BCUT2D eigenvalue weighted by Crippen LogP contribution is 2.20. The van der Waals surface area contributed by atoms with Gasteiger partial charge < -0.3 is 9.97 Å². The molecule has 0 aliphatic heterocycles. The van der Waals surface area contributed by atoms with Gasteiger partial charge >= 0.3 is 11.1 Å². The molecule has 0 amide bonds. The van der Waals surface area contributed by atoms with E-state index in [0.29, 0.717) is 10.8 Å². The quantitative estimate of drug-likeness (QED) is 0.480. The van der Waals surface area contributed by atoms with Gasteiger partial charge in [0.25, 0.3) is 0 Å². The van der Waals surface area contributed by atoms with E-state index < -0.39 is 11.1 Å². The Bertz CT molecular complexity index is 834. The Morgan fingerprint density at radius 3 is 2.95 bits per heavy atom. The van der Waals surface area contributed by atoms with Crippen molar-refractivity contribution in [3.8, 4) is 0 Å². The highest BCUT2D eigenvalue weighted by molar-refractivity contribution is 7.98. The van der Waals surface area contributed by atoms with Gasteiger partial charge in [-0.2, -0.15) is 0 Å². The molecule has 0 atom stereocenters. The Morgan fingerprint density at radius 2 is 2.11 bits per heavy atom. The van der Waals surface area contributed by atoms with Crippen molar-refractivity contribution in [1.29, 1.82) is 0 Å². The van der Waals surface area contributed by atoms with Crippen molar-refractivity contribution in [1.82, 2.24) is 25.4 Å². The first-order chi connectivity index (χ1) is 9.22. The van der Waals surface area contributed by atoms with E-state index >= 15 is 0 Å². The van der Waals surface area contributed by atoms with Gasteiger partial charge in [0.2, 0.25) is 0 Å². The third kappa shape index (κ3) is 2.43. The van der Waals surface area contributed by atoms with Crippen molar-refractivity contribution in [2.24, 2.45) is 0 Å². The summed E-state index contributed by atoms with van der Waals surface area (Å²) in [5, 5.41) is 11.0. The third-order valence-electron chi connectivity index (χ3n) is 2.56. The van der Waals surface area contributed by atoms with E-state index in [1.165, 1.54) is 18.0 Å². The molecule has 0 aliphatic rings. The lowest BCUT2D eigenvalue weighted by Gasteiger charge is -2.01. The fourth-order valence-electron chi connectivity index (χ4n) is 1.62. The molecule has 8 heteroatoms. The molecular weight excluding hydrogens is 266 g/mol. The zero-order valence-corrected chi connectivity index (χ0v) is 10.5. The van der Waals surface area contributed by atoms with Crippen molar-refractivity contribution >= 4 is 22.8 Å². The molecule has 1 aromatic carbocycles. The molecule has 3 N–H and O–H groups in total. The van der Waals surface area contributed by atoms with Crippen molar-refractivity contribution in [2.75, 3.05) is 0 Å². The van der Waals surface area contributed by atoms with E-state index in [1.54, 1.807) is 0 Å². The van der Waals surface area contributed by atoms with Crippen LogP contribution in [0.2, 0.25) is 0 Å². The Labute approximate surface area is 110 Å². The molecule has 0 bridgehead atoms. The van der Waals surface area contributed by atoms with Crippen LogP contribution in [0.3, 0.4) is 0 Å². The lowest BCUT2D eigenvalue weighted by molar-refractivity contribution is 0.959. The van der Waals surface area contributed by atoms with Gasteiger partial charge in [-0.15, -0.1) is 16.9 Å². The van der Waals surface area contributed by atoms with Crippen LogP contribution in [0.5, 0.6) is 0 Å². The van der Waals surface area contributed by atoms with E-state index in [0.717, 1.165) is 16.6 Å². The first kappa shape index (κ1) is 11.7. The smallest absolute Gasteiger partial charge is 0.314 e. The van der Waals surface area contributed by atoms with Crippen molar-refractivity contribution in [2.45, 2.75) is 10.8 Å². The van der Waals surface area contributed by atoms with Gasteiger partial charge in [-0.1, -0.05) is 11.3 Å². The van der Waals surface area contributed by atoms with Gasteiger partial charge in [0.05, 0.1) is 10.5 Å². The molecule has 96 valence electrons. The number of hydrogen-bond acceptors (Lipinski definition) is 5. The molecule has 0 radical (unpaired) electrons. The molecule has 0 saturated heterocycles. The Kier molecular flexibility index (Phi) is 2.92. The molecule has 7 nitrogen and oxygen atoms in total. The van der Waals surface area contributed by atoms with Crippen LogP contribution < -0.4 is 11.1 Å². The number of rotatable bonds is 3. The van der Waals surface area contributed by atoms with E-state index in [9.17, 15) is 9.59 Å². The van der Waals surface area contributed by atoms with E-state index in [1.807, 2.05) is 18.2 Å². The summed E-state index contributed by atoms with van der Waals surface area (Å²) < 4.78 is 0. The van der Waals surface area contributed by atoms with Gasteiger partial charge in [0, 0.05) is 11.9 Å². The highest BCUT2D eigenvalue weighted by atomic mass is 32.2. The largest absolute Gasteiger partial charge is 0.322 e. The normalized spacial score (nSPS) is 10.9. The molecule has 0 unspecified atom stereocenters. The van der Waals surface area contributed by atoms with Gasteiger partial charge in [0.1, 0.15) is 5.52 Å². The summed E-state index contributed by atoms with van der Waals surface area (Å²) in [6, 6.07) is 5.78. The maximum absolute atomic E-state index is 11.2. The Morgan fingerprint density at radius 1 is 1.21 bits per heavy atom. The molecule has 0 spiro atoms. The number of aromatic nitrogens is 5. The molecule has 0 aliphatic carbocycles. The number of H-pyrrole nitrogens is 3. The first-order valence-corrected chi connectivity index (χ1v) is 6.45. The number of nitrogens with zero attached hydrogens (tertiary/aromatic N) is 2. The summed E-state index contributed by atoms with van der Waals surface area (Å²) >= 11 is 1.43. The van der Waals surface area contributed by atoms with Gasteiger partial charge in [-0.3, -0.25) is 14.7 Å². The fraction of sp³-hybridized carbons (Fsp3) is 0.0909. The number of fused-ring (bicyclic) bond motifs is 1. The maximum atomic E-state index is 11.2. The van der Waals surface area contributed by atoms with Crippen LogP contribution in [-0.2, 0) is 5.75 Å². The second-order valence-electron chi connectivity index (χ2n) is 3.89. The number of hydrogen-bond donors (Lipinski definition) is 3. The van der Waals surface area contributed by atoms with Gasteiger partial charge in [0.15, 0.2) is 0 Å². The third-order valence-corrected chi connectivity index (χ3v) is 3.57. The van der Waals surface area contributed by atoms with Crippen LogP contribution in [0.4, 0.5) is 0 Å². The predicted molar refractivity (Wildman–Crippen MR) is 71.1 cm³/mol. The van der Waals surface area contributed by atoms with E-state index in [4.69, 9.17) is 0 Å². The van der Waals surface area contributed by atoms with Crippen molar-refractivity contribution < 1.29 is 0 Å². The molecule has 3 rings (SSSR count). The second-order valence-corrected chi connectivity index (χ2v) is 4.91. The molecule has 0 fully saturated rings. The zero-order chi connectivity index (χ0) is 13.2. The number of benzene rings is 1. The summed E-state index contributed by atoms with van der Waals surface area (Å²) in [6.45, 7) is 0. The molecule has 2 aromatic heterocycles. The summed E-state index contributed by atoms with van der Waals surface area (Å²) in [7, 11) is 0. The minimum atomic E-state index is -0.644. The standard InChI is InChI=1S/C11H9N5O2S/c17-10-11(18)13-9(4-12-10)19-5-6-1-2-7-8(3-6)15-16-14-7/h1-4H,5H2,(H,12,17)(H,13,18)(H,14,15,16). The van der Waals surface area contributed by atoms with E-state index in [2.05, 4.69) is 25.4 Å². The zero-order valence-electron chi connectivity index (χ0n) is 9.64. The molecule has 0 saturated carbocycles. The SMILES string of the molecule is O=c1[nH]cc(SCc2ccc3nn[nH]c3c2)[nH]c1=O. The minimum absolute atomic E-state index is 0.618. The van der Waals surface area contributed by atoms with Crippen LogP contribution in [0.1, 0.15) is 5.56 Å². The van der Waals surface area contributed by atoms with Crippen molar-refractivity contribution in [3.63, 3.8) is 0 Å². The molecule has 2 heterocycles. The minimum Gasteiger partial charge on any atom is -0.322 e. The molecular formula is C11H9N5O2S. The number of thioether (sulfide) groups is 1. The molecule has 19 heavy (non-hydrogen) atoms. The monoisotopic (exact) mass is 275 g/mol. The van der Waals surface area contributed by atoms with Crippen LogP contribution >= 0.6 is 11.8 Å². The predicted octanol–water partition coefficient (Wildman–Crippen LogP) is 0.627. The summed E-state index contributed by atoms with van der Waals surface area (Å²) in [6.07, 6.45) is 1.49. The first-order valence-electron chi connectivity index (χ1n) is 5.47. The maximum Gasteiger partial charge on any atom is 0.314 e. The van der Waals surface area contributed by atoms with Crippen LogP contribution in [0, 0.1) is 0 Å². The van der Waals surface area contributed by atoms with E-state index in [-0.39, 0.29) is 0 Å². The Hall–Kier alpha value is -2.35. The van der Waals surface area contributed by atoms with Crippen LogP contribution in [-0.4, -0.2) is 25.4 Å². The lowest BCUT2D eigenvalue weighted by atomic mass is 10.2. The summed E-state index contributed by atoms with van der Waals surface area (Å²) in [5.41, 5.74) is 1.46. The average molecular weight is 275 g/mol. The second kappa shape index (κ2) is 4.73. The summed E-state index contributed by atoms with van der Waals surface area (Å²) in [4.78, 5) is 27.0. The van der Waals surface area contributed by atoms with Gasteiger partial charge in [-0.05, 0) is 17.7 Å². The van der Waals surface area contributed by atoms with Gasteiger partial charge in [-0.25, -0.2) is 0 Å².